The summed E-state index contributed by atoms with van der Waals surface area (Å²) in [6.07, 6.45) is 1.60. The summed E-state index contributed by atoms with van der Waals surface area (Å²) in [6.45, 7) is 0.675. The lowest BCUT2D eigenvalue weighted by molar-refractivity contribution is 0.0953. The Balaban J connectivity index is 1.58. The fourth-order valence-electron chi connectivity index (χ4n) is 3.53. The summed E-state index contributed by atoms with van der Waals surface area (Å²) in [7, 11) is 0. The Bertz CT molecular complexity index is 1390. The summed E-state index contributed by atoms with van der Waals surface area (Å²) in [6, 6.07) is 18.4. The van der Waals surface area contributed by atoms with Gasteiger partial charge >= 0.3 is 0 Å². The van der Waals surface area contributed by atoms with Crippen LogP contribution in [0.2, 0.25) is 5.02 Å². The van der Waals surface area contributed by atoms with Crippen LogP contribution in [0, 0.1) is 0 Å². The molecule has 0 atom stereocenters. The zero-order chi connectivity index (χ0) is 21.4. The Labute approximate surface area is 182 Å². The van der Waals surface area contributed by atoms with Crippen molar-refractivity contribution in [2.75, 3.05) is 5.73 Å². The van der Waals surface area contributed by atoms with Gasteiger partial charge in [-0.05, 0) is 42.0 Å². The smallest absolute Gasteiger partial charge is 0.257 e. The van der Waals surface area contributed by atoms with E-state index in [4.69, 9.17) is 31.7 Å². The molecular formula is C23H18ClN5O2. The monoisotopic (exact) mass is 431 g/mol. The molecule has 0 aliphatic carbocycles. The average Bonchev–Trinajstić information content (AvgIpc) is 3.38. The molecule has 5 rings (SSSR count). The first kappa shape index (κ1) is 19.1. The Kier molecular flexibility index (Phi) is 4.80. The van der Waals surface area contributed by atoms with Gasteiger partial charge in [-0.2, -0.15) is 0 Å². The zero-order valence-corrected chi connectivity index (χ0v) is 17.1. The van der Waals surface area contributed by atoms with E-state index in [1.165, 1.54) is 0 Å². The maximum atomic E-state index is 13.1. The third kappa shape index (κ3) is 3.60. The van der Waals surface area contributed by atoms with E-state index in [9.17, 15) is 4.79 Å². The summed E-state index contributed by atoms with van der Waals surface area (Å²) in [5, 5.41) is 3.56. The number of hydrogen-bond donors (Lipinski definition) is 2. The van der Waals surface area contributed by atoms with E-state index in [-0.39, 0.29) is 11.7 Å². The molecule has 8 heteroatoms. The second-order valence-electron chi connectivity index (χ2n) is 7.12. The number of nitrogens with two attached hydrogens (primary N) is 1. The van der Waals surface area contributed by atoms with E-state index in [2.05, 4.69) is 5.32 Å². The SMILES string of the molecule is Nc1c(C(=O)NCc2ccc(Cl)cc2)c2nc3ccccc3nc2n1Cc1ccco1. The van der Waals surface area contributed by atoms with E-state index in [0.717, 1.165) is 11.1 Å². The number of carbonyl (C=O) groups is 1. The van der Waals surface area contributed by atoms with Crippen LogP contribution in [0.3, 0.4) is 0 Å². The third-order valence-electron chi connectivity index (χ3n) is 5.08. The maximum Gasteiger partial charge on any atom is 0.257 e. The molecule has 0 fully saturated rings. The van der Waals surface area contributed by atoms with Crippen LogP contribution < -0.4 is 11.1 Å². The van der Waals surface area contributed by atoms with Gasteiger partial charge in [0, 0.05) is 11.6 Å². The lowest BCUT2D eigenvalue weighted by atomic mass is 10.2. The van der Waals surface area contributed by atoms with Gasteiger partial charge in [0.25, 0.3) is 5.91 Å². The molecular weight excluding hydrogens is 414 g/mol. The molecule has 0 aliphatic heterocycles. The second-order valence-corrected chi connectivity index (χ2v) is 7.56. The fourth-order valence-corrected chi connectivity index (χ4v) is 3.66. The predicted molar refractivity (Wildman–Crippen MR) is 120 cm³/mol. The van der Waals surface area contributed by atoms with Gasteiger partial charge in [0.2, 0.25) is 0 Å². The number of anilines is 1. The molecule has 0 radical (unpaired) electrons. The minimum absolute atomic E-state index is 0.287. The van der Waals surface area contributed by atoms with Crippen LogP contribution in [0.5, 0.6) is 0 Å². The Morgan fingerprint density at radius 1 is 1.03 bits per heavy atom. The Hall–Kier alpha value is -3.84. The lowest BCUT2D eigenvalue weighted by Crippen LogP contribution is -2.24. The number of furan rings is 1. The number of amides is 1. The number of halogens is 1. The molecule has 0 unspecified atom stereocenters. The van der Waals surface area contributed by atoms with Crippen molar-refractivity contribution in [1.82, 2.24) is 19.9 Å². The van der Waals surface area contributed by atoms with Gasteiger partial charge in [-0.15, -0.1) is 0 Å². The van der Waals surface area contributed by atoms with Gasteiger partial charge in [0.15, 0.2) is 5.65 Å². The second kappa shape index (κ2) is 7.77. The van der Waals surface area contributed by atoms with Crippen molar-refractivity contribution in [1.29, 1.82) is 0 Å². The number of fused-ring (bicyclic) bond motifs is 2. The van der Waals surface area contributed by atoms with Crippen molar-refractivity contribution in [3.63, 3.8) is 0 Å². The van der Waals surface area contributed by atoms with E-state index in [0.29, 0.717) is 46.1 Å². The van der Waals surface area contributed by atoms with Gasteiger partial charge in [0.05, 0.1) is 23.8 Å². The molecule has 0 aliphatic rings. The first-order chi connectivity index (χ1) is 15.1. The Morgan fingerprint density at radius 3 is 2.48 bits per heavy atom. The maximum absolute atomic E-state index is 13.1. The molecule has 3 heterocycles. The van der Waals surface area contributed by atoms with Crippen LogP contribution in [0.15, 0.2) is 71.3 Å². The number of rotatable bonds is 5. The van der Waals surface area contributed by atoms with Gasteiger partial charge in [0.1, 0.15) is 22.7 Å². The van der Waals surface area contributed by atoms with E-state index in [1.54, 1.807) is 29.0 Å². The molecule has 0 saturated carbocycles. The number of nitrogens with zero attached hydrogens (tertiary/aromatic N) is 3. The van der Waals surface area contributed by atoms with E-state index < -0.39 is 0 Å². The van der Waals surface area contributed by atoms with E-state index in [1.807, 2.05) is 42.5 Å². The minimum Gasteiger partial charge on any atom is -0.467 e. The quantitative estimate of drug-likeness (QED) is 0.430. The molecule has 5 aromatic rings. The van der Waals surface area contributed by atoms with Crippen LogP contribution in [-0.4, -0.2) is 20.4 Å². The first-order valence-corrected chi connectivity index (χ1v) is 10.1. The van der Waals surface area contributed by atoms with Crippen molar-refractivity contribution in [3.05, 3.63) is 88.8 Å². The third-order valence-corrected chi connectivity index (χ3v) is 5.33. The van der Waals surface area contributed by atoms with Crippen LogP contribution in [-0.2, 0) is 13.1 Å². The molecule has 31 heavy (non-hydrogen) atoms. The van der Waals surface area contributed by atoms with Crippen LogP contribution >= 0.6 is 11.6 Å². The van der Waals surface area contributed by atoms with Gasteiger partial charge in [-0.25, -0.2) is 9.97 Å². The molecule has 3 aromatic heterocycles. The van der Waals surface area contributed by atoms with Crippen LogP contribution in [0.1, 0.15) is 21.7 Å². The fraction of sp³-hybridized carbons (Fsp3) is 0.0870. The van der Waals surface area contributed by atoms with Crippen LogP contribution in [0.25, 0.3) is 22.2 Å². The predicted octanol–water partition coefficient (Wildman–Crippen LogP) is 4.39. The highest BCUT2D eigenvalue weighted by Crippen LogP contribution is 2.29. The molecule has 0 saturated heterocycles. The van der Waals surface area contributed by atoms with Crippen molar-refractivity contribution in [2.24, 2.45) is 0 Å². The van der Waals surface area contributed by atoms with Gasteiger partial charge < -0.3 is 20.0 Å². The number of aromatic nitrogens is 3. The van der Waals surface area contributed by atoms with Gasteiger partial charge in [-0.3, -0.25) is 4.79 Å². The van der Waals surface area contributed by atoms with Crippen molar-refractivity contribution >= 4 is 45.5 Å². The molecule has 0 spiro atoms. The summed E-state index contributed by atoms with van der Waals surface area (Å²) in [4.78, 5) is 22.6. The standard InChI is InChI=1S/C23H18ClN5O2/c24-15-9-7-14(8-10-15)12-26-23(30)19-20-22(28-18-6-2-1-5-17(18)27-20)29(21(19)25)13-16-4-3-11-31-16/h1-11H,12-13,25H2,(H,26,30). The van der Waals surface area contributed by atoms with Crippen molar-refractivity contribution < 1.29 is 9.21 Å². The highest BCUT2D eigenvalue weighted by Gasteiger charge is 2.24. The highest BCUT2D eigenvalue weighted by molar-refractivity contribution is 6.30. The molecule has 1 amide bonds. The number of carbonyl (C=O) groups excluding carboxylic acids is 1. The van der Waals surface area contributed by atoms with Crippen molar-refractivity contribution in [2.45, 2.75) is 13.1 Å². The average molecular weight is 432 g/mol. The largest absolute Gasteiger partial charge is 0.467 e. The summed E-state index contributed by atoms with van der Waals surface area (Å²) in [5.74, 6) is 0.669. The zero-order valence-electron chi connectivity index (χ0n) is 16.4. The number of benzene rings is 2. The summed E-state index contributed by atoms with van der Waals surface area (Å²) in [5.41, 5.74) is 10.1. The number of hydrogen-bond acceptors (Lipinski definition) is 5. The summed E-state index contributed by atoms with van der Waals surface area (Å²) < 4.78 is 7.23. The first-order valence-electron chi connectivity index (χ1n) is 9.69. The van der Waals surface area contributed by atoms with E-state index >= 15 is 0 Å². The number of nitrogens with one attached hydrogen (secondary N) is 1. The van der Waals surface area contributed by atoms with Crippen molar-refractivity contribution in [3.8, 4) is 0 Å². The lowest BCUT2D eigenvalue weighted by Gasteiger charge is -2.07. The molecule has 0 bridgehead atoms. The topological polar surface area (TPSA) is 99.0 Å². The molecule has 2 aromatic carbocycles. The minimum atomic E-state index is -0.319. The highest BCUT2D eigenvalue weighted by atomic mass is 35.5. The Morgan fingerprint density at radius 2 is 1.77 bits per heavy atom. The number of nitrogen functional groups attached to an aromatic ring is 1. The summed E-state index contributed by atoms with van der Waals surface area (Å²) >= 11 is 5.94. The molecule has 154 valence electrons. The number of para-hydroxylation sites is 2. The molecule has 3 N–H and O–H groups in total. The normalized spacial score (nSPS) is 11.3. The van der Waals surface area contributed by atoms with Gasteiger partial charge in [-0.1, -0.05) is 35.9 Å². The molecule has 7 nitrogen and oxygen atoms in total. The van der Waals surface area contributed by atoms with Crippen LogP contribution in [0.4, 0.5) is 5.82 Å².